The molecule has 2 aromatic carbocycles. The fourth-order valence-electron chi connectivity index (χ4n) is 4.58. The molecular weight excluding hydrogens is 442 g/mol. The maximum atomic E-state index is 13.6. The van der Waals surface area contributed by atoms with Gasteiger partial charge in [0.1, 0.15) is 17.5 Å². The predicted octanol–water partition coefficient (Wildman–Crippen LogP) is 2.93. The third kappa shape index (κ3) is 4.87. The van der Waals surface area contributed by atoms with E-state index < -0.39 is 6.04 Å². The van der Waals surface area contributed by atoms with Gasteiger partial charge in [0.05, 0.1) is 19.0 Å². The van der Waals surface area contributed by atoms with Crippen LogP contribution in [0.15, 0.2) is 78.0 Å². The van der Waals surface area contributed by atoms with Crippen LogP contribution in [0.4, 0.5) is 0 Å². The molecule has 1 atom stereocenters. The van der Waals surface area contributed by atoms with Gasteiger partial charge in [-0.1, -0.05) is 60.7 Å². The minimum atomic E-state index is -0.556. The number of likely N-dealkylation sites (tertiary alicyclic amines) is 1. The molecule has 8 heteroatoms. The Morgan fingerprint density at radius 2 is 1.63 bits per heavy atom. The van der Waals surface area contributed by atoms with Crippen LogP contribution in [0.5, 0.6) is 0 Å². The van der Waals surface area contributed by atoms with Crippen molar-refractivity contribution in [3.8, 4) is 0 Å². The van der Waals surface area contributed by atoms with Crippen LogP contribution in [0.25, 0.3) is 11.0 Å². The third-order valence-corrected chi connectivity index (χ3v) is 6.36. The molecule has 1 amide bonds. The molecule has 1 unspecified atom stereocenters. The van der Waals surface area contributed by atoms with Crippen molar-refractivity contribution in [1.82, 2.24) is 24.4 Å². The van der Waals surface area contributed by atoms with E-state index in [1.165, 1.54) is 17.1 Å². The van der Waals surface area contributed by atoms with E-state index >= 15 is 0 Å². The summed E-state index contributed by atoms with van der Waals surface area (Å²) in [6, 6.07) is 18.7. The molecule has 5 rings (SSSR count). The lowest BCUT2D eigenvalue weighted by Gasteiger charge is -2.35. The Morgan fingerprint density at radius 1 is 0.943 bits per heavy atom. The van der Waals surface area contributed by atoms with Gasteiger partial charge in [0, 0.05) is 19.2 Å². The number of amides is 1. The number of hydrogen-bond donors (Lipinski definition) is 0. The number of carbonyl (C=O) groups excluding carboxylic acids is 2. The average Bonchev–Trinajstić information content (AvgIpc) is 2.89. The first-order valence-electron chi connectivity index (χ1n) is 11.7. The number of aromatic nitrogens is 4. The summed E-state index contributed by atoms with van der Waals surface area (Å²) >= 11 is 0. The second-order valence-electron chi connectivity index (χ2n) is 8.72. The zero-order valence-corrected chi connectivity index (χ0v) is 19.2. The van der Waals surface area contributed by atoms with Crippen LogP contribution in [0.3, 0.4) is 0 Å². The Kier molecular flexibility index (Phi) is 6.43. The third-order valence-electron chi connectivity index (χ3n) is 6.36. The van der Waals surface area contributed by atoms with Crippen LogP contribution in [0, 0.1) is 0 Å². The molecule has 35 heavy (non-hydrogen) atoms. The maximum absolute atomic E-state index is 13.6. The summed E-state index contributed by atoms with van der Waals surface area (Å²) in [5, 5.41) is 0.304. The molecule has 0 bridgehead atoms. The normalized spacial score (nSPS) is 15.9. The number of rotatable bonds is 7. The molecule has 8 nitrogen and oxygen atoms in total. The molecular formula is C27H25N5O3. The summed E-state index contributed by atoms with van der Waals surface area (Å²) < 4.78 is 1.52. The van der Waals surface area contributed by atoms with Crippen molar-refractivity contribution in [2.24, 2.45) is 0 Å². The lowest BCUT2D eigenvalue weighted by molar-refractivity contribution is -0.143. The Labute approximate surface area is 202 Å². The lowest BCUT2D eigenvalue weighted by Crippen LogP contribution is -2.48. The van der Waals surface area contributed by atoms with Crippen LogP contribution >= 0.6 is 0 Å². The van der Waals surface area contributed by atoms with Crippen LogP contribution < -0.4 is 5.56 Å². The quantitative estimate of drug-likeness (QED) is 0.415. The van der Waals surface area contributed by atoms with Gasteiger partial charge in [-0.15, -0.1) is 0 Å². The van der Waals surface area contributed by atoms with Crippen molar-refractivity contribution >= 4 is 22.7 Å². The molecule has 1 aliphatic rings. The highest BCUT2D eigenvalue weighted by Gasteiger charge is 2.33. The second-order valence-corrected chi connectivity index (χ2v) is 8.72. The second kappa shape index (κ2) is 9.97. The summed E-state index contributed by atoms with van der Waals surface area (Å²) in [5.74, 6) is 0.183. The van der Waals surface area contributed by atoms with E-state index in [-0.39, 0.29) is 35.9 Å². The lowest BCUT2D eigenvalue weighted by atomic mass is 9.95. The summed E-state index contributed by atoms with van der Waals surface area (Å²) in [6.07, 6.45) is 4.41. The molecule has 1 saturated heterocycles. The van der Waals surface area contributed by atoms with Gasteiger partial charge < -0.3 is 4.90 Å². The van der Waals surface area contributed by atoms with E-state index in [1.807, 2.05) is 60.7 Å². The van der Waals surface area contributed by atoms with Crippen molar-refractivity contribution in [3.63, 3.8) is 0 Å². The van der Waals surface area contributed by atoms with Gasteiger partial charge in [0.2, 0.25) is 5.91 Å². The molecule has 2 aromatic heterocycles. The highest BCUT2D eigenvalue weighted by atomic mass is 16.2. The molecule has 1 aliphatic heterocycles. The molecule has 0 aliphatic carbocycles. The van der Waals surface area contributed by atoms with Crippen molar-refractivity contribution in [3.05, 3.63) is 100 Å². The fraction of sp³-hybridized carbons (Fsp3) is 0.259. The Balaban J connectivity index is 1.48. The average molecular weight is 468 g/mol. The minimum absolute atomic E-state index is 0.0284. The van der Waals surface area contributed by atoms with Crippen molar-refractivity contribution in [2.75, 3.05) is 0 Å². The first kappa shape index (κ1) is 22.6. The van der Waals surface area contributed by atoms with Gasteiger partial charge in [-0.2, -0.15) is 0 Å². The first-order chi connectivity index (χ1) is 17.1. The first-order valence-corrected chi connectivity index (χ1v) is 11.7. The van der Waals surface area contributed by atoms with Crippen molar-refractivity contribution in [1.29, 1.82) is 0 Å². The number of hydrogen-bond acceptors (Lipinski definition) is 6. The topological polar surface area (TPSA) is 98.0 Å². The number of fused-ring (bicyclic) bond motifs is 1. The highest BCUT2D eigenvalue weighted by molar-refractivity contribution is 5.91. The van der Waals surface area contributed by atoms with Gasteiger partial charge in [-0.05, 0) is 24.0 Å². The van der Waals surface area contributed by atoms with Crippen LogP contribution in [-0.2, 0) is 29.1 Å². The Morgan fingerprint density at radius 3 is 2.34 bits per heavy atom. The number of piperidine rings is 1. The molecule has 3 heterocycles. The largest absolute Gasteiger partial charge is 0.328 e. The zero-order chi connectivity index (χ0) is 24.2. The van der Waals surface area contributed by atoms with Crippen molar-refractivity contribution < 1.29 is 9.59 Å². The highest BCUT2D eigenvalue weighted by Crippen LogP contribution is 2.23. The number of ketones is 1. The zero-order valence-electron chi connectivity index (χ0n) is 19.2. The van der Waals surface area contributed by atoms with Crippen molar-refractivity contribution in [2.45, 2.75) is 44.8 Å². The van der Waals surface area contributed by atoms with Gasteiger partial charge in [0.25, 0.3) is 5.56 Å². The van der Waals surface area contributed by atoms with Gasteiger partial charge in [0.15, 0.2) is 11.4 Å². The van der Waals surface area contributed by atoms with E-state index in [1.54, 1.807) is 4.90 Å². The van der Waals surface area contributed by atoms with E-state index in [2.05, 4.69) is 15.0 Å². The molecule has 1 fully saturated rings. The minimum Gasteiger partial charge on any atom is -0.328 e. The molecule has 0 N–H and O–H groups in total. The van der Waals surface area contributed by atoms with E-state index in [0.29, 0.717) is 37.0 Å². The molecule has 0 saturated carbocycles. The molecule has 0 spiro atoms. The van der Waals surface area contributed by atoms with E-state index in [0.717, 1.165) is 11.1 Å². The Bertz CT molecular complexity index is 1420. The monoisotopic (exact) mass is 467 g/mol. The molecule has 176 valence electrons. The standard InChI is InChI=1S/C27H25N5O3/c33-23(22-12-7-13-25(34)31(22)16-19-8-3-1-4-9-19)14-24-30-26-21(15-28-18-29-26)27(35)32(24)17-20-10-5-2-6-11-20/h1-6,8-11,15,18,22H,7,12-14,16-17H2. The SMILES string of the molecule is O=C(Cc1nc2ncncc2c(=O)n1Cc1ccccc1)C1CCCC(=O)N1Cc1ccccc1. The van der Waals surface area contributed by atoms with Crippen LogP contribution in [0.1, 0.15) is 36.2 Å². The summed E-state index contributed by atoms with van der Waals surface area (Å²) in [7, 11) is 0. The predicted molar refractivity (Wildman–Crippen MR) is 130 cm³/mol. The summed E-state index contributed by atoms with van der Waals surface area (Å²) in [5.41, 5.74) is 1.86. The number of benzene rings is 2. The number of Topliss-reactive ketones (excluding diaryl/α,β-unsaturated/α-hetero) is 1. The van der Waals surface area contributed by atoms with E-state index in [4.69, 9.17) is 0 Å². The Hall–Kier alpha value is -4.20. The van der Waals surface area contributed by atoms with Gasteiger partial charge in [-0.25, -0.2) is 15.0 Å². The van der Waals surface area contributed by atoms with Crippen LogP contribution in [-0.4, -0.2) is 42.2 Å². The molecule has 4 aromatic rings. The number of nitrogens with zero attached hydrogens (tertiary/aromatic N) is 5. The van der Waals surface area contributed by atoms with Crippen LogP contribution in [0.2, 0.25) is 0 Å². The summed E-state index contributed by atoms with van der Waals surface area (Å²) in [6.45, 7) is 0.655. The fourth-order valence-corrected chi connectivity index (χ4v) is 4.58. The molecule has 0 radical (unpaired) electrons. The van der Waals surface area contributed by atoms with Gasteiger partial charge >= 0.3 is 0 Å². The number of carbonyl (C=O) groups is 2. The smallest absolute Gasteiger partial charge is 0.264 e. The van der Waals surface area contributed by atoms with Gasteiger partial charge in [-0.3, -0.25) is 19.0 Å². The van der Waals surface area contributed by atoms with E-state index in [9.17, 15) is 14.4 Å². The summed E-state index contributed by atoms with van der Waals surface area (Å²) in [4.78, 5) is 54.1. The maximum Gasteiger partial charge on any atom is 0.264 e.